The highest BCUT2D eigenvalue weighted by molar-refractivity contribution is 5.65. The third kappa shape index (κ3) is 5.39. The molecule has 0 bridgehead atoms. The number of aliphatic hydroxyl groups excluding tert-OH is 1. The van der Waals surface area contributed by atoms with Gasteiger partial charge in [0.2, 0.25) is 0 Å². The molecule has 3 aromatic rings. The predicted octanol–water partition coefficient (Wildman–Crippen LogP) is 7.01. The van der Waals surface area contributed by atoms with Crippen molar-refractivity contribution >= 4 is 0 Å². The van der Waals surface area contributed by atoms with Crippen LogP contribution in [0.25, 0.3) is 11.1 Å². The molecule has 0 amide bonds. The quantitative estimate of drug-likeness (QED) is 0.385. The first-order valence-corrected chi connectivity index (χ1v) is 11.7. The summed E-state index contributed by atoms with van der Waals surface area (Å²) in [6.07, 6.45) is 3.17. The Hall–Kier alpha value is -2.99. The van der Waals surface area contributed by atoms with Crippen LogP contribution in [0.5, 0.6) is 11.5 Å². The molecule has 0 atom stereocenters. The monoisotopic (exact) mass is 470 g/mol. The molecule has 4 rings (SSSR count). The lowest BCUT2D eigenvalue weighted by molar-refractivity contribution is 0.181. The zero-order valence-corrected chi connectivity index (χ0v) is 19.2. The van der Waals surface area contributed by atoms with Gasteiger partial charge in [0.1, 0.15) is 12.4 Å². The van der Waals surface area contributed by atoms with Crippen LogP contribution >= 0.6 is 0 Å². The van der Waals surface area contributed by atoms with Crippen molar-refractivity contribution in [2.45, 2.75) is 45.1 Å². The van der Waals surface area contributed by atoms with Gasteiger partial charge < -0.3 is 14.6 Å². The van der Waals surface area contributed by atoms with Crippen molar-refractivity contribution < 1.29 is 27.8 Å². The molecule has 0 aromatic heterocycles. The standard InChI is InChI=1S/C28H29F3O3/c1-2-33-26-14-5-19(15-25(26)29)17-34-22-10-8-21(9-11-22)24-13-12-23(27(30)28(24)31)20-6-3-18(16-32)4-7-20/h5,8-15,18,20,32H,2-4,6-7,16-17H2,1H3. The Morgan fingerprint density at radius 3 is 2.24 bits per heavy atom. The van der Waals surface area contributed by atoms with E-state index in [9.17, 15) is 18.3 Å². The SMILES string of the molecule is CCOc1ccc(COc2ccc(-c3ccc(C4CCC(CO)CC4)c(F)c3F)cc2)cc1F. The van der Waals surface area contributed by atoms with Crippen LogP contribution < -0.4 is 9.47 Å². The highest BCUT2D eigenvalue weighted by Gasteiger charge is 2.26. The molecule has 3 nitrogen and oxygen atoms in total. The summed E-state index contributed by atoms with van der Waals surface area (Å²) in [6.45, 7) is 2.50. The second-order valence-electron chi connectivity index (χ2n) is 8.74. The molecule has 1 aliphatic carbocycles. The fourth-order valence-corrected chi connectivity index (χ4v) is 4.56. The molecular weight excluding hydrogens is 441 g/mol. The fraction of sp³-hybridized carbons (Fsp3) is 0.357. The minimum Gasteiger partial charge on any atom is -0.491 e. The summed E-state index contributed by atoms with van der Waals surface area (Å²) < 4.78 is 54.8. The van der Waals surface area contributed by atoms with E-state index in [1.165, 1.54) is 6.07 Å². The first-order valence-electron chi connectivity index (χ1n) is 11.7. The zero-order chi connectivity index (χ0) is 24.1. The van der Waals surface area contributed by atoms with Crippen molar-refractivity contribution in [1.82, 2.24) is 0 Å². The Morgan fingerprint density at radius 2 is 1.59 bits per heavy atom. The molecule has 0 unspecified atom stereocenters. The number of halogens is 3. The van der Waals surface area contributed by atoms with Gasteiger partial charge in [0, 0.05) is 12.2 Å². The van der Waals surface area contributed by atoms with Crippen molar-refractivity contribution in [3.63, 3.8) is 0 Å². The van der Waals surface area contributed by atoms with Gasteiger partial charge in [-0.2, -0.15) is 0 Å². The average Bonchev–Trinajstić information content (AvgIpc) is 2.86. The summed E-state index contributed by atoms with van der Waals surface area (Å²) in [5, 5.41) is 9.30. The molecule has 0 aliphatic heterocycles. The van der Waals surface area contributed by atoms with Gasteiger partial charge in [-0.1, -0.05) is 30.3 Å². The van der Waals surface area contributed by atoms with Gasteiger partial charge in [-0.3, -0.25) is 0 Å². The molecule has 0 spiro atoms. The van der Waals surface area contributed by atoms with Gasteiger partial charge in [-0.15, -0.1) is 0 Å². The summed E-state index contributed by atoms with van der Waals surface area (Å²) in [4.78, 5) is 0. The molecule has 0 heterocycles. The third-order valence-electron chi connectivity index (χ3n) is 6.52. The molecule has 1 saturated carbocycles. The number of benzene rings is 3. The van der Waals surface area contributed by atoms with Gasteiger partial charge in [0.15, 0.2) is 23.2 Å². The van der Waals surface area contributed by atoms with E-state index in [1.54, 1.807) is 55.5 Å². The summed E-state index contributed by atoms with van der Waals surface area (Å²) in [5.41, 5.74) is 1.82. The van der Waals surface area contributed by atoms with E-state index in [-0.39, 0.29) is 36.4 Å². The van der Waals surface area contributed by atoms with Crippen LogP contribution in [0.15, 0.2) is 54.6 Å². The van der Waals surface area contributed by atoms with Gasteiger partial charge >= 0.3 is 0 Å². The highest BCUT2D eigenvalue weighted by Crippen LogP contribution is 2.39. The Labute approximate surface area is 198 Å². The van der Waals surface area contributed by atoms with E-state index >= 15 is 0 Å². The number of hydrogen-bond acceptors (Lipinski definition) is 3. The average molecular weight is 471 g/mol. The summed E-state index contributed by atoms with van der Waals surface area (Å²) in [6, 6.07) is 14.7. The van der Waals surface area contributed by atoms with Crippen molar-refractivity contribution in [2.75, 3.05) is 13.2 Å². The van der Waals surface area contributed by atoms with E-state index in [0.717, 1.165) is 25.7 Å². The van der Waals surface area contributed by atoms with Crippen LogP contribution in [0.1, 0.15) is 49.7 Å². The maximum Gasteiger partial charge on any atom is 0.166 e. The second kappa shape index (κ2) is 11.0. The third-order valence-corrected chi connectivity index (χ3v) is 6.52. The van der Waals surface area contributed by atoms with E-state index < -0.39 is 17.5 Å². The molecule has 34 heavy (non-hydrogen) atoms. The van der Waals surface area contributed by atoms with E-state index in [4.69, 9.17) is 9.47 Å². The molecule has 0 radical (unpaired) electrons. The van der Waals surface area contributed by atoms with Crippen LogP contribution in [-0.4, -0.2) is 18.3 Å². The topological polar surface area (TPSA) is 38.7 Å². The molecule has 0 saturated heterocycles. The molecule has 1 N–H and O–H groups in total. The van der Waals surface area contributed by atoms with Gasteiger partial charge in [-0.05, 0) is 85.4 Å². The minimum absolute atomic E-state index is 0.0189. The minimum atomic E-state index is -0.847. The normalized spacial score (nSPS) is 18.0. The zero-order valence-electron chi connectivity index (χ0n) is 19.2. The largest absolute Gasteiger partial charge is 0.491 e. The molecular formula is C28H29F3O3. The summed E-state index contributed by atoms with van der Waals surface area (Å²) >= 11 is 0. The number of hydrogen-bond donors (Lipinski definition) is 1. The van der Waals surface area contributed by atoms with Crippen LogP contribution in [0.3, 0.4) is 0 Å². The lowest BCUT2D eigenvalue weighted by Crippen LogP contribution is -2.17. The van der Waals surface area contributed by atoms with Gasteiger partial charge in [-0.25, -0.2) is 13.2 Å². The molecule has 3 aromatic carbocycles. The number of aliphatic hydroxyl groups is 1. The van der Waals surface area contributed by atoms with E-state index in [2.05, 4.69) is 0 Å². The smallest absolute Gasteiger partial charge is 0.166 e. The van der Waals surface area contributed by atoms with Crippen molar-refractivity contribution in [3.8, 4) is 22.6 Å². The van der Waals surface area contributed by atoms with Gasteiger partial charge in [0.05, 0.1) is 6.61 Å². The second-order valence-corrected chi connectivity index (χ2v) is 8.74. The molecule has 1 aliphatic rings. The maximum absolute atomic E-state index is 14.9. The Morgan fingerprint density at radius 1 is 0.853 bits per heavy atom. The van der Waals surface area contributed by atoms with Crippen molar-refractivity contribution in [3.05, 3.63) is 83.2 Å². The lowest BCUT2D eigenvalue weighted by Gasteiger charge is -2.28. The van der Waals surface area contributed by atoms with Crippen LogP contribution in [0, 0.1) is 23.4 Å². The van der Waals surface area contributed by atoms with Crippen molar-refractivity contribution in [2.24, 2.45) is 5.92 Å². The summed E-state index contributed by atoms with van der Waals surface area (Å²) in [5.74, 6) is -1.10. The fourth-order valence-electron chi connectivity index (χ4n) is 4.56. The number of rotatable bonds is 8. The lowest BCUT2D eigenvalue weighted by atomic mass is 9.78. The first kappa shape index (κ1) is 24.1. The van der Waals surface area contributed by atoms with E-state index in [1.807, 2.05) is 0 Å². The Kier molecular flexibility index (Phi) is 7.78. The number of ether oxygens (including phenoxy) is 2. The Balaban J connectivity index is 1.42. The van der Waals surface area contributed by atoms with Gasteiger partial charge in [0.25, 0.3) is 0 Å². The molecule has 1 fully saturated rings. The maximum atomic E-state index is 14.9. The van der Waals surface area contributed by atoms with Crippen LogP contribution in [0.2, 0.25) is 0 Å². The van der Waals surface area contributed by atoms with Crippen molar-refractivity contribution in [1.29, 1.82) is 0 Å². The first-order chi connectivity index (χ1) is 16.5. The highest BCUT2D eigenvalue weighted by atomic mass is 19.2. The van der Waals surface area contributed by atoms with Crippen LogP contribution in [0.4, 0.5) is 13.2 Å². The Bertz CT molecular complexity index is 1110. The molecule has 180 valence electrons. The van der Waals surface area contributed by atoms with Crippen LogP contribution in [-0.2, 0) is 6.61 Å². The van der Waals surface area contributed by atoms with E-state index in [0.29, 0.717) is 29.0 Å². The summed E-state index contributed by atoms with van der Waals surface area (Å²) in [7, 11) is 0. The predicted molar refractivity (Wildman–Crippen MR) is 125 cm³/mol. The molecule has 6 heteroatoms.